The second-order valence-electron chi connectivity index (χ2n) is 13.6. The van der Waals surface area contributed by atoms with Crippen LogP contribution >= 0.6 is 0 Å². The number of nitrogens with zero attached hydrogens (tertiary/aromatic N) is 3. The van der Waals surface area contributed by atoms with Gasteiger partial charge in [0.05, 0.1) is 0 Å². The third-order valence-electron chi connectivity index (χ3n) is 10.5. The molecule has 53 heavy (non-hydrogen) atoms. The third-order valence-corrected chi connectivity index (χ3v) is 10.5. The Kier molecular flexibility index (Phi) is 6.52. The van der Waals surface area contributed by atoms with Gasteiger partial charge in [-0.05, 0) is 79.2 Å². The molecule has 0 bridgehead atoms. The summed E-state index contributed by atoms with van der Waals surface area (Å²) in [4.78, 5) is 15.6. The minimum atomic E-state index is 0.604. The van der Waals surface area contributed by atoms with Crippen molar-refractivity contribution in [1.29, 1.82) is 0 Å². The van der Waals surface area contributed by atoms with Gasteiger partial charge in [-0.15, -0.1) is 0 Å². The fourth-order valence-electron chi connectivity index (χ4n) is 7.96. The van der Waals surface area contributed by atoms with E-state index < -0.39 is 0 Å². The van der Waals surface area contributed by atoms with Gasteiger partial charge in [0.25, 0.3) is 0 Å². The van der Waals surface area contributed by atoms with Crippen LogP contribution in [0.1, 0.15) is 0 Å². The molecule has 0 saturated carbocycles. The lowest BCUT2D eigenvalue weighted by molar-refractivity contribution is 0.669. The first-order valence-electron chi connectivity index (χ1n) is 17.9. The monoisotopic (exact) mass is 675 g/mol. The number of fused-ring (bicyclic) bond motifs is 10. The third kappa shape index (κ3) is 4.80. The molecule has 4 nitrogen and oxygen atoms in total. The maximum atomic E-state index is 6.47. The summed E-state index contributed by atoms with van der Waals surface area (Å²) in [6.07, 6.45) is 0. The van der Waals surface area contributed by atoms with Crippen LogP contribution in [0, 0.1) is 0 Å². The normalized spacial score (nSPS) is 11.8. The summed E-state index contributed by atoms with van der Waals surface area (Å²) in [5.41, 5.74) is 6.63. The van der Waals surface area contributed by atoms with E-state index in [4.69, 9.17) is 19.4 Å². The Morgan fingerprint density at radius 3 is 1.70 bits per heavy atom. The largest absolute Gasteiger partial charge is 0.456 e. The van der Waals surface area contributed by atoms with Gasteiger partial charge in [0.15, 0.2) is 17.5 Å². The molecule has 0 aliphatic heterocycles. The summed E-state index contributed by atoms with van der Waals surface area (Å²) in [6.45, 7) is 0. The summed E-state index contributed by atoms with van der Waals surface area (Å²) in [5, 5.41) is 11.7. The van der Waals surface area contributed by atoms with Crippen molar-refractivity contribution in [3.8, 4) is 45.3 Å². The van der Waals surface area contributed by atoms with Gasteiger partial charge in [0, 0.05) is 32.8 Å². The fourth-order valence-corrected chi connectivity index (χ4v) is 7.96. The van der Waals surface area contributed by atoms with Gasteiger partial charge in [-0.3, -0.25) is 0 Å². The van der Waals surface area contributed by atoms with Crippen LogP contribution in [0.4, 0.5) is 0 Å². The molecule has 2 aromatic heterocycles. The molecule has 2 heterocycles. The highest BCUT2D eigenvalue weighted by Crippen LogP contribution is 2.40. The highest BCUT2D eigenvalue weighted by atomic mass is 16.3. The molecule has 0 aliphatic carbocycles. The molecule has 9 aromatic carbocycles. The average Bonchev–Trinajstić information content (AvgIpc) is 3.61. The van der Waals surface area contributed by atoms with Gasteiger partial charge in [0.2, 0.25) is 0 Å². The molecular weight excluding hydrogens is 647 g/mol. The van der Waals surface area contributed by atoms with E-state index in [0.717, 1.165) is 55.1 Å². The van der Waals surface area contributed by atoms with Crippen LogP contribution in [-0.2, 0) is 0 Å². The minimum Gasteiger partial charge on any atom is -0.456 e. The Morgan fingerprint density at radius 1 is 0.302 bits per heavy atom. The fraction of sp³-hybridized carbons (Fsp3) is 0. The summed E-state index contributed by atoms with van der Waals surface area (Å²) in [5.74, 6) is 1.85. The van der Waals surface area contributed by atoms with E-state index in [9.17, 15) is 0 Å². The van der Waals surface area contributed by atoms with E-state index in [1.54, 1.807) is 0 Å². The van der Waals surface area contributed by atoms with Crippen molar-refractivity contribution in [3.63, 3.8) is 0 Å². The zero-order valence-electron chi connectivity index (χ0n) is 28.5. The Morgan fingerprint density at radius 2 is 0.868 bits per heavy atom. The highest BCUT2D eigenvalue weighted by Gasteiger charge is 2.19. The topological polar surface area (TPSA) is 51.8 Å². The standard InChI is InChI=1S/C49H29N3O/c1-2-10-30(11-3-1)38-15-8-9-17-41(38)49-51-47(35-22-25-39-34(28-35)21-19-31-12-4-6-14-37(31)39)50-48(52-49)36-24-26-43-42(29-36)46-44(53-43)27-23-33-20-18-32-13-5-7-16-40(32)45(33)46/h1-29H. The lowest BCUT2D eigenvalue weighted by atomic mass is 9.97. The molecule has 0 atom stereocenters. The molecule has 0 fully saturated rings. The van der Waals surface area contributed by atoms with Gasteiger partial charge in [-0.2, -0.15) is 0 Å². The molecule has 11 rings (SSSR count). The first-order chi connectivity index (χ1) is 26.2. The molecule has 0 radical (unpaired) electrons. The Hall–Kier alpha value is -7.17. The smallest absolute Gasteiger partial charge is 0.164 e. The first kappa shape index (κ1) is 29.5. The zero-order valence-corrected chi connectivity index (χ0v) is 28.5. The first-order valence-corrected chi connectivity index (χ1v) is 17.9. The van der Waals surface area contributed by atoms with Crippen LogP contribution in [0.15, 0.2) is 180 Å². The van der Waals surface area contributed by atoms with Crippen molar-refractivity contribution < 1.29 is 4.42 Å². The minimum absolute atomic E-state index is 0.604. The molecule has 0 unspecified atom stereocenters. The number of hydrogen-bond acceptors (Lipinski definition) is 4. The summed E-state index contributed by atoms with van der Waals surface area (Å²) in [7, 11) is 0. The second kappa shape index (κ2) is 11.7. The molecule has 11 aromatic rings. The molecule has 0 saturated heterocycles. The molecule has 0 amide bonds. The molecule has 0 N–H and O–H groups in total. The van der Waals surface area contributed by atoms with E-state index >= 15 is 0 Å². The quantitative estimate of drug-likeness (QED) is 0.174. The van der Waals surface area contributed by atoms with E-state index in [2.05, 4.69) is 158 Å². The lowest BCUT2D eigenvalue weighted by Gasteiger charge is -2.12. The van der Waals surface area contributed by atoms with Gasteiger partial charge < -0.3 is 4.42 Å². The van der Waals surface area contributed by atoms with Crippen molar-refractivity contribution >= 4 is 65.0 Å². The van der Waals surface area contributed by atoms with E-state index in [1.807, 2.05) is 18.2 Å². The number of hydrogen-bond donors (Lipinski definition) is 0. The van der Waals surface area contributed by atoms with Gasteiger partial charge >= 0.3 is 0 Å². The van der Waals surface area contributed by atoms with Crippen LogP contribution in [0.3, 0.4) is 0 Å². The summed E-state index contributed by atoms with van der Waals surface area (Å²) < 4.78 is 6.47. The molecule has 4 heteroatoms. The van der Waals surface area contributed by atoms with Gasteiger partial charge in [-0.25, -0.2) is 15.0 Å². The summed E-state index contributed by atoms with van der Waals surface area (Å²) >= 11 is 0. The van der Waals surface area contributed by atoms with Crippen LogP contribution in [0.5, 0.6) is 0 Å². The van der Waals surface area contributed by atoms with Crippen LogP contribution in [0.25, 0.3) is 110 Å². The predicted molar refractivity (Wildman–Crippen MR) is 219 cm³/mol. The van der Waals surface area contributed by atoms with Gasteiger partial charge in [0.1, 0.15) is 11.2 Å². The zero-order chi connectivity index (χ0) is 34.9. The highest BCUT2D eigenvalue weighted by molar-refractivity contribution is 6.26. The van der Waals surface area contributed by atoms with Gasteiger partial charge in [-0.1, -0.05) is 146 Å². The summed E-state index contributed by atoms with van der Waals surface area (Å²) in [6, 6.07) is 61.6. The van der Waals surface area contributed by atoms with Crippen LogP contribution in [0.2, 0.25) is 0 Å². The van der Waals surface area contributed by atoms with Crippen LogP contribution in [-0.4, -0.2) is 15.0 Å². The Labute approximate surface area is 304 Å². The maximum Gasteiger partial charge on any atom is 0.164 e. The molecule has 0 aliphatic rings. The number of rotatable bonds is 4. The SMILES string of the molecule is c1ccc(-c2ccccc2-c2nc(-c3ccc4c(ccc5ccccc54)c3)nc(-c3ccc4oc5ccc6ccc7ccccc7c6c5c4c3)n2)cc1. The average molecular weight is 676 g/mol. The van der Waals surface area contributed by atoms with Crippen molar-refractivity contribution in [1.82, 2.24) is 15.0 Å². The predicted octanol–water partition coefficient (Wildman–Crippen LogP) is 13.1. The van der Waals surface area contributed by atoms with E-state index in [0.29, 0.717) is 17.5 Å². The van der Waals surface area contributed by atoms with Crippen molar-refractivity contribution in [3.05, 3.63) is 176 Å². The number of benzene rings is 9. The number of furan rings is 1. The lowest BCUT2D eigenvalue weighted by Crippen LogP contribution is -2.01. The van der Waals surface area contributed by atoms with Crippen molar-refractivity contribution in [2.45, 2.75) is 0 Å². The van der Waals surface area contributed by atoms with E-state index in [1.165, 1.54) is 37.7 Å². The second-order valence-corrected chi connectivity index (χ2v) is 13.6. The maximum absolute atomic E-state index is 6.47. The Balaban J connectivity index is 1.16. The van der Waals surface area contributed by atoms with E-state index in [-0.39, 0.29) is 0 Å². The molecular formula is C49H29N3O. The van der Waals surface area contributed by atoms with Crippen molar-refractivity contribution in [2.24, 2.45) is 0 Å². The Bertz CT molecular complexity index is 3240. The van der Waals surface area contributed by atoms with Crippen molar-refractivity contribution in [2.75, 3.05) is 0 Å². The van der Waals surface area contributed by atoms with Crippen LogP contribution < -0.4 is 0 Å². The number of aromatic nitrogens is 3. The molecule has 246 valence electrons. The molecule has 0 spiro atoms.